The van der Waals surface area contributed by atoms with Crippen molar-refractivity contribution in [1.29, 1.82) is 0 Å². The summed E-state index contributed by atoms with van der Waals surface area (Å²) < 4.78 is 39.3. The summed E-state index contributed by atoms with van der Waals surface area (Å²) in [4.78, 5) is 11.0. The molecule has 1 aliphatic carbocycles. The standard InChI is InChI=1S/C12H20F3NO2/c1-9-3-2-4-10(7-9)5-6-16-11(17)18-8-12(13,14)15/h9-10H,2-8H2,1H3,(H,16,17). The lowest BCUT2D eigenvalue weighted by atomic mass is 9.81. The predicted octanol–water partition coefficient (Wildman–Crippen LogP) is 3.49. The zero-order valence-electron chi connectivity index (χ0n) is 10.6. The average Bonchev–Trinajstić information content (AvgIpc) is 2.25. The fourth-order valence-corrected chi connectivity index (χ4v) is 2.40. The first-order chi connectivity index (χ1) is 8.37. The third kappa shape index (κ3) is 6.71. The van der Waals surface area contributed by atoms with E-state index in [-0.39, 0.29) is 0 Å². The van der Waals surface area contributed by atoms with Crippen LogP contribution in [0.25, 0.3) is 0 Å². The molecular formula is C12H20F3NO2. The number of alkyl halides is 3. The molecule has 106 valence electrons. The first-order valence-corrected chi connectivity index (χ1v) is 6.34. The van der Waals surface area contributed by atoms with Crippen molar-refractivity contribution in [2.75, 3.05) is 13.2 Å². The van der Waals surface area contributed by atoms with E-state index in [4.69, 9.17) is 0 Å². The second-order valence-corrected chi connectivity index (χ2v) is 5.04. The van der Waals surface area contributed by atoms with E-state index in [1.165, 1.54) is 12.8 Å². The van der Waals surface area contributed by atoms with Crippen LogP contribution in [0.3, 0.4) is 0 Å². The first-order valence-electron chi connectivity index (χ1n) is 6.34. The van der Waals surface area contributed by atoms with E-state index in [0.717, 1.165) is 19.3 Å². The van der Waals surface area contributed by atoms with Gasteiger partial charge < -0.3 is 10.1 Å². The minimum absolute atomic E-state index is 0.383. The highest BCUT2D eigenvalue weighted by molar-refractivity contribution is 5.67. The van der Waals surface area contributed by atoms with Crippen molar-refractivity contribution in [3.8, 4) is 0 Å². The van der Waals surface area contributed by atoms with E-state index >= 15 is 0 Å². The highest BCUT2D eigenvalue weighted by Crippen LogP contribution is 2.30. The predicted molar refractivity (Wildman–Crippen MR) is 61.1 cm³/mol. The molecule has 1 N–H and O–H groups in total. The number of alkyl carbamates (subject to hydrolysis) is 1. The molecule has 1 amide bonds. The van der Waals surface area contributed by atoms with E-state index in [9.17, 15) is 18.0 Å². The second kappa shape index (κ2) is 6.85. The van der Waals surface area contributed by atoms with Gasteiger partial charge in [0.15, 0.2) is 6.61 Å². The molecule has 0 saturated heterocycles. The molecule has 6 heteroatoms. The molecule has 0 heterocycles. The summed E-state index contributed by atoms with van der Waals surface area (Å²) in [5, 5.41) is 2.36. The van der Waals surface area contributed by atoms with Crippen molar-refractivity contribution in [3.05, 3.63) is 0 Å². The molecule has 0 aromatic rings. The van der Waals surface area contributed by atoms with Gasteiger partial charge in [-0.3, -0.25) is 0 Å². The van der Waals surface area contributed by atoms with Crippen LogP contribution in [0, 0.1) is 11.8 Å². The maximum Gasteiger partial charge on any atom is 0.422 e. The summed E-state index contributed by atoms with van der Waals surface area (Å²) in [6.07, 6.45) is 0.0862. The van der Waals surface area contributed by atoms with Gasteiger partial charge in [-0.05, 0) is 24.7 Å². The average molecular weight is 267 g/mol. The minimum atomic E-state index is -4.46. The maximum absolute atomic E-state index is 11.8. The summed E-state index contributed by atoms with van der Waals surface area (Å²) in [6, 6.07) is 0. The molecule has 18 heavy (non-hydrogen) atoms. The summed E-state index contributed by atoms with van der Waals surface area (Å²) in [7, 11) is 0. The monoisotopic (exact) mass is 267 g/mol. The fraction of sp³-hybridized carbons (Fsp3) is 0.917. The van der Waals surface area contributed by atoms with Gasteiger partial charge in [-0.2, -0.15) is 13.2 Å². The van der Waals surface area contributed by atoms with Gasteiger partial charge in [0.05, 0.1) is 0 Å². The zero-order chi connectivity index (χ0) is 13.6. The number of hydrogen-bond donors (Lipinski definition) is 1. The lowest BCUT2D eigenvalue weighted by molar-refractivity contribution is -0.160. The molecule has 0 spiro atoms. The number of hydrogen-bond acceptors (Lipinski definition) is 2. The largest absolute Gasteiger partial charge is 0.440 e. The van der Waals surface area contributed by atoms with Crippen molar-refractivity contribution < 1.29 is 22.7 Å². The highest BCUT2D eigenvalue weighted by Gasteiger charge is 2.29. The summed E-state index contributed by atoms with van der Waals surface area (Å²) in [6.45, 7) is 1.06. The van der Waals surface area contributed by atoms with Crippen molar-refractivity contribution in [2.45, 2.75) is 45.2 Å². The minimum Gasteiger partial charge on any atom is -0.440 e. The molecule has 3 nitrogen and oxygen atoms in total. The van der Waals surface area contributed by atoms with E-state index < -0.39 is 18.9 Å². The molecule has 0 aromatic heterocycles. The summed E-state index contributed by atoms with van der Waals surface area (Å²) in [5.41, 5.74) is 0. The third-order valence-corrected chi connectivity index (χ3v) is 3.23. The first kappa shape index (κ1) is 15.1. The van der Waals surface area contributed by atoms with Crippen LogP contribution < -0.4 is 5.32 Å². The van der Waals surface area contributed by atoms with Crippen LogP contribution >= 0.6 is 0 Å². The van der Waals surface area contributed by atoms with Gasteiger partial charge in [0, 0.05) is 6.54 Å². The summed E-state index contributed by atoms with van der Waals surface area (Å²) in [5.74, 6) is 1.28. The number of carbonyl (C=O) groups excluding carboxylic acids is 1. The SMILES string of the molecule is CC1CCCC(CCNC(=O)OCC(F)(F)F)C1. The Hall–Kier alpha value is -0.940. The molecule has 0 aliphatic heterocycles. The Morgan fingerprint density at radius 3 is 2.72 bits per heavy atom. The van der Waals surface area contributed by atoms with Crippen LogP contribution in [0.15, 0.2) is 0 Å². The second-order valence-electron chi connectivity index (χ2n) is 5.04. The topological polar surface area (TPSA) is 38.3 Å². The van der Waals surface area contributed by atoms with E-state index in [2.05, 4.69) is 17.0 Å². The van der Waals surface area contributed by atoms with Crippen LogP contribution in [-0.2, 0) is 4.74 Å². The molecule has 1 fully saturated rings. The number of nitrogens with one attached hydrogen (secondary N) is 1. The Kier molecular flexibility index (Phi) is 5.75. The van der Waals surface area contributed by atoms with Crippen LogP contribution in [0.1, 0.15) is 39.0 Å². The number of halogens is 3. The van der Waals surface area contributed by atoms with E-state index in [1.54, 1.807) is 0 Å². The smallest absolute Gasteiger partial charge is 0.422 e. The van der Waals surface area contributed by atoms with Gasteiger partial charge in [-0.15, -0.1) is 0 Å². The normalized spacial score (nSPS) is 24.7. The van der Waals surface area contributed by atoms with Gasteiger partial charge >= 0.3 is 12.3 Å². The van der Waals surface area contributed by atoms with Crippen LogP contribution in [-0.4, -0.2) is 25.4 Å². The van der Waals surface area contributed by atoms with Gasteiger partial charge in [-0.1, -0.05) is 26.2 Å². The van der Waals surface area contributed by atoms with Crippen LogP contribution in [0.5, 0.6) is 0 Å². The molecule has 0 radical (unpaired) electrons. The van der Waals surface area contributed by atoms with Crippen LogP contribution in [0.2, 0.25) is 0 Å². The summed E-state index contributed by atoms with van der Waals surface area (Å²) >= 11 is 0. The van der Waals surface area contributed by atoms with Crippen molar-refractivity contribution in [1.82, 2.24) is 5.32 Å². The lowest BCUT2D eigenvalue weighted by Crippen LogP contribution is -2.30. The van der Waals surface area contributed by atoms with Crippen molar-refractivity contribution >= 4 is 6.09 Å². The number of ether oxygens (including phenoxy) is 1. The molecule has 1 rings (SSSR count). The van der Waals surface area contributed by atoms with Crippen LogP contribution in [0.4, 0.5) is 18.0 Å². The maximum atomic E-state index is 11.8. The van der Waals surface area contributed by atoms with E-state index in [0.29, 0.717) is 18.4 Å². The molecule has 0 bridgehead atoms. The Balaban J connectivity index is 2.08. The van der Waals surface area contributed by atoms with Gasteiger partial charge in [0.25, 0.3) is 0 Å². The molecule has 2 atom stereocenters. The Morgan fingerprint density at radius 1 is 1.39 bits per heavy atom. The number of amides is 1. The molecular weight excluding hydrogens is 247 g/mol. The Labute approximate surface area is 105 Å². The van der Waals surface area contributed by atoms with Gasteiger partial charge in [-0.25, -0.2) is 4.79 Å². The quantitative estimate of drug-likeness (QED) is 0.846. The van der Waals surface area contributed by atoms with Gasteiger partial charge in [0.2, 0.25) is 0 Å². The van der Waals surface area contributed by atoms with Crippen molar-refractivity contribution in [3.63, 3.8) is 0 Å². The van der Waals surface area contributed by atoms with E-state index in [1.807, 2.05) is 0 Å². The lowest BCUT2D eigenvalue weighted by Gasteiger charge is -2.26. The fourth-order valence-electron chi connectivity index (χ4n) is 2.40. The number of rotatable bonds is 4. The Morgan fingerprint density at radius 2 is 2.11 bits per heavy atom. The Bertz CT molecular complexity index is 269. The molecule has 0 aromatic carbocycles. The number of carbonyl (C=O) groups is 1. The molecule has 1 saturated carbocycles. The molecule has 2 unspecified atom stereocenters. The highest BCUT2D eigenvalue weighted by atomic mass is 19.4. The third-order valence-electron chi connectivity index (χ3n) is 3.23. The van der Waals surface area contributed by atoms with Gasteiger partial charge in [0.1, 0.15) is 0 Å². The molecule has 1 aliphatic rings. The van der Waals surface area contributed by atoms with Crippen molar-refractivity contribution in [2.24, 2.45) is 11.8 Å². The zero-order valence-corrected chi connectivity index (χ0v) is 10.6.